The van der Waals surface area contributed by atoms with Gasteiger partial charge in [-0.05, 0) is 26.8 Å². The van der Waals surface area contributed by atoms with Gasteiger partial charge in [0.2, 0.25) is 0 Å². The quantitative estimate of drug-likeness (QED) is 0.679. The molecule has 0 spiro atoms. The van der Waals surface area contributed by atoms with E-state index in [2.05, 4.69) is 10.1 Å². The molecule has 0 radical (unpaired) electrons. The largest absolute Gasteiger partial charge is 0.255 e. The van der Waals surface area contributed by atoms with E-state index in [4.69, 9.17) is 0 Å². The Kier molecular flexibility index (Phi) is 6.38. The molecule has 0 unspecified atom stereocenters. The van der Waals surface area contributed by atoms with E-state index in [0.29, 0.717) is 0 Å². The Morgan fingerprint density at radius 3 is 2.06 bits per heavy atom. The lowest BCUT2D eigenvalue weighted by atomic mass is 10.3. The molecule has 0 saturated heterocycles. The van der Waals surface area contributed by atoms with Gasteiger partial charge in [0.15, 0.2) is 0 Å². The summed E-state index contributed by atoms with van der Waals surface area (Å²) in [4.78, 5) is 4.35. The van der Waals surface area contributed by atoms with Crippen LogP contribution in [0.5, 0.6) is 0 Å². The fourth-order valence-corrected chi connectivity index (χ4v) is 1.41. The summed E-state index contributed by atoms with van der Waals surface area (Å²) in [5.74, 6) is 0. The second-order valence-corrected chi connectivity index (χ2v) is 3.08. The molecule has 0 amide bonds. The van der Waals surface area contributed by atoms with Gasteiger partial charge >= 0.3 is 0 Å². The van der Waals surface area contributed by atoms with Gasteiger partial charge in [-0.1, -0.05) is 27.7 Å². The van der Waals surface area contributed by atoms with Crippen molar-refractivity contribution in [1.82, 2.24) is 14.6 Å². The number of rotatable bonds is 0. The highest BCUT2D eigenvalue weighted by molar-refractivity contribution is 5.51. The van der Waals surface area contributed by atoms with Crippen LogP contribution in [-0.2, 0) is 0 Å². The Bertz CT molecular complexity index is 430. The molecule has 0 aromatic carbocycles. The number of aromatic nitrogens is 3. The third-order valence-electron chi connectivity index (χ3n) is 1.88. The molecule has 90 valence electrons. The van der Waals surface area contributed by atoms with E-state index in [-0.39, 0.29) is 0 Å². The number of aryl methyl sites for hydroxylation is 3. The van der Waals surface area contributed by atoms with Crippen molar-refractivity contribution >= 4 is 5.52 Å². The predicted octanol–water partition coefficient (Wildman–Crippen LogP) is 3.71. The zero-order chi connectivity index (χ0) is 12.7. The van der Waals surface area contributed by atoms with Crippen molar-refractivity contribution in [2.24, 2.45) is 0 Å². The fraction of sp³-hybridized carbons (Fsp3) is 0.538. The molecule has 2 aromatic heterocycles. The number of nitrogens with zero attached hydrogens (tertiary/aromatic N) is 3. The summed E-state index contributed by atoms with van der Waals surface area (Å²) >= 11 is 0. The molecular weight excluding hydrogens is 198 g/mol. The normalized spacial score (nSPS) is 8.94. The van der Waals surface area contributed by atoms with E-state index < -0.39 is 0 Å². The standard InChI is InChI=1S/C9H11N3.2C2H6/c1-6-4-9-8(3)10-7(2)5-12(9)11-6;2*1-2/h4-5H,1-3H3;2*1-2H3. The minimum Gasteiger partial charge on any atom is -0.255 e. The van der Waals surface area contributed by atoms with Crippen LogP contribution in [0, 0.1) is 20.8 Å². The SMILES string of the molecule is CC.CC.Cc1cn2nc(C)cc2c(C)n1. The third kappa shape index (κ3) is 3.33. The van der Waals surface area contributed by atoms with Crippen LogP contribution >= 0.6 is 0 Å². The Hall–Kier alpha value is -1.38. The number of hydrogen-bond acceptors (Lipinski definition) is 2. The first kappa shape index (κ1) is 14.6. The van der Waals surface area contributed by atoms with Crippen molar-refractivity contribution in [2.75, 3.05) is 0 Å². The van der Waals surface area contributed by atoms with Crippen LogP contribution in [-0.4, -0.2) is 14.6 Å². The summed E-state index contributed by atoms with van der Waals surface area (Å²) in [5, 5.41) is 4.31. The molecule has 3 heteroatoms. The average Bonchev–Trinajstić information content (AvgIpc) is 2.65. The van der Waals surface area contributed by atoms with E-state index in [1.165, 1.54) is 0 Å². The third-order valence-corrected chi connectivity index (χ3v) is 1.88. The molecule has 0 atom stereocenters. The molecule has 3 nitrogen and oxygen atoms in total. The highest BCUT2D eigenvalue weighted by Crippen LogP contribution is 2.09. The molecule has 0 N–H and O–H groups in total. The van der Waals surface area contributed by atoms with Gasteiger partial charge in [-0.3, -0.25) is 4.98 Å². The Morgan fingerprint density at radius 1 is 0.938 bits per heavy atom. The lowest BCUT2D eigenvalue weighted by Gasteiger charge is -1.98. The van der Waals surface area contributed by atoms with Crippen LogP contribution in [0.2, 0.25) is 0 Å². The zero-order valence-electron chi connectivity index (χ0n) is 11.5. The molecule has 2 rings (SSSR count). The maximum Gasteiger partial charge on any atom is 0.0877 e. The van der Waals surface area contributed by atoms with E-state index in [0.717, 1.165) is 22.6 Å². The molecule has 2 aromatic rings. The Morgan fingerprint density at radius 2 is 1.50 bits per heavy atom. The summed E-state index contributed by atoms with van der Waals surface area (Å²) < 4.78 is 1.88. The van der Waals surface area contributed by atoms with Crippen LogP contribution in [0.4, 0.5) is 0 Å². The van der Waals surface area contributed by atoms with Crippen LogP contribution < -0.4 is 0 Å². The molecule has 0 bridgehead atoms. The molecule has 16 heavy (non-hydrogen) atoms. The molecule has 0 fully saturated rings. The van der Waals surface area contributed by atoms with E-state index in [9.17, 15) is 0 Å². The molecule has 0 saturated carbocycles. The molecule has 0 aliphatic carbocycles. The summed E-state index contributed by atoms with van der Waals surface area (Å²) in [6, 6.07) is 2.04. The first-order valence-corrected chi connectivity index (χ1v) is 5.97. The number of fused-ring (bicyclic) bond motifs is 1. The highest BCUT2D eigenvalue weighted by atomic mass is 15.2. The second-order valence-electron chi connectivity index (χ2n) is 3.08. The van der Waals surface area contributed by atoms with Crippen molar-refractivity contribution in [2.45, 2.75) is 48.5 Å². The van der Waals surface area contributed by atoms with Crippen molar-refractivity contribution in [1.29, 1.82) is 0 Å². The Balaban J connectivity index is 0.000000509. The molecular formula is C13H23N3. The van der Waals surface area contributed by atoms with Crippen molar-refractivity contribution in [3.63, 3.8) is 0 Å². The van der Waals surface area contributed by atoms with Gasteiger partial charge < -0.3 is 0 Å². The first-order valence-electron chi connectivity index (χ1n) is 5.97. The fourth-order valence-electron chi connectivity index (χ4n) is 1.41. The van der Waals surface area contributed by atoms with Gasteiger partial charge in [0.1, 0.15) is 0 Å². The van der Waals surface area contributed by atoms with E-state index in [1.54, 1.807) is 0 Å². The van der Waals surface area contributed by atoms with Gasteiger partial charge in [-0.15, -0.1) is 0 Å². The van der Waals surface area contributed by atoms with E-state index in [1.807, 2.05) is 65.2 Å². The average molecular weight is 221 g/mol. The zero-order valence-corrected chi connectivity index (χ0v) is 11.5. The topological polar surface area (TPSA) is 30.2 Å². The molecule has 0 aliphatic heterocycles. The van der Waals surface area contributed by atoms with Crippen LogP contribution in [0.3, 0.4) is 0 Å². The van der Waals surface area contributed by atoms with Crippen molar-refractivity contribution in [3.05, 3.63) is 29.3 Å². The first-order chi connectivity index (χ1) is 7.66. The van der Waals surface area contributed by atoms with Gasteiger partial charge in [0.25, 0.3) is 0 Å². The lowest BCUT2D eigenvalue weighted by molar-refractivity contribution is 0.897. The highest BCUT2D eigenvalue weighted by Gasteiger charge is 2.01. The number of hydrogen-bond donors (Lipinski definition) is 0. The van der Waals surface area contributed by atoms with Crippen LogP contribution in [0.15, 0.2) is 12.3 Å². The Labute approximate surface area is 98.5 Å². The lowest BCUT2D eigenvalue weighted by Crippen LogP contribution is -1.94. The molecule has 0 aliphatic rings. The van der Waals surface area contributed by atoms with Crippen molar-refractivity contribution in [3.8, 4) is 0 Å². The molecule has 2 heterocycles. The van der Waals surface area contributed by atoms with Crippen LogP contribution in [0.1, 0.15) is 44.8 Å². The maximum atomic E-state index is 4.35. The smallest absolute Gasteiger partial charge is 0.0877 e. The monoisotopic (exact) mass is 221 g/mol. The summed E-state index contributed by atoms with van der Waals surface area (Å²) in [6.07, 6.45) is 1.94. The maximum absolute atomic E-state index is 4.35. The van der Waals surface area contributed by atoms with Gasteiger partial charge in [0, 0.05) is 0 Å². The summed E-state index contributed by atoms with van der Waals surface area (Å²) in [7, 11) is 0. The van der Waals surface area contributed by atoms with Crippen LogP contribution in [0.25, 0.3) is 5.52 Å². The predicted molar refractivity (Wildman–Crippen MR) is 69.9 cm³/mol. The minimum atomic E-state index is 1.00. The minimum absolute atomic E-state index is 1.00. The van der Waals surface area contributed by atoms with Gasteiger partial charge in [-0.25, -0.2) is 4.52 Å². The van der Waals surface area contributed by atoms with E-state index >= 15 is 0 Å². The summed E-state index contributed by atoms with van der Waals surface area (Å²) in [5.41, 5.74) is 4.17. The van der Waals surface area contributed by atoms with Crippen molar-refractivity contribution < 1.29 is 0 Å². The van der Waals surface area contributed by atoms with Gasteiger partial charge in [0.05, 0.1) is 28.8 Å². The second kappa shape index (κ2) is 6.99. The summed E-state index contributed by atoms with van der Waals surface area (Å²) in [6.45, 7) is 14.0. The van der Waals surface area contributed by atoms with Gasteiger partial charge in [-0.2, -0.15) is 5.10 Å².